The van der Waals surface area contributed by atoms with Crippen molar-refractivity contribution in [3.8, 4) is 11.5 Å². The van der Waals surface area contributed by atoms with E-state index in [0.29, 0.717) is 77.8 Å². The number of primary amides is 2. The number of hydrogen-bond acceptors (Lipinski definition) is 32. The Bertz CT molecular complexity index is 6730. The van der Waals surface area contributed by atoms with Gasteiger partial charge in [0.1, 0.15) is 74.8 Å². The van der Waals surface area contributed by atoms with Gasteiger partial charge in [-0.2, -0.15) is 0 Å². The van der Waals surface area contributed by atoms with Crippen LogP contribution in [0, 0.1) is 29.1 Å². The number of imidazole rings is 2. The van der Waals surface area contributed by atoms with Gasteiger partial charge in [0.25, 0.3) is 23.6 Å². The van der Waals surface area contributed by atoms with Crippen LogP contribution in [-0.2, 0) is 84.7 Å². The number of aromatic hydroxyl groups is 2. The summed E-state index contributed by atoms with van der Waals surface area (Å²) in [4.78, 5) is 164. The number of phenolic OH excluding ortho intramolecular Hbond substituents is 2. The standard InChI is InChI=1S/C34H41N7O5.C27H28N6O3.C22H24N2O8.C19H17NO7/c1-4-6-7-10-21-46-34(44)39-32(35)24-12-15-26(16-13-24)37-23-30-38-27-22-25(14-17-28(27)40(30)3)33(43)41(20-18-31(42)45-5-2)29-11-8-9-19-36-29;1-3-36-26(34)13-15-33(25-6-4-5-14-29-25)27(35)20-9-12-22-23(16-20)32-24(31-22)17-30-21-10-7-19(8-11-21)18(2)28;1-21(31)8-5-4-6-11(25)12(8)16(26)13-9(21)7-10-15(24(2)3)17(27)14(20(23)30)19(29)22(10,32)18(13)28;20-18(26)14-11(22)6-9-5-8-4-7-2-1-3-10(21)12(7)15(23)13(8)16(24)19(9,27)17(14)25/h8-9,11-17,19,22,37H,4-7,10,18,20-21,23H2,1-3H3,(H2,35,39,44);4-12,14,16,30H,2-3,13,15,17,28H2,1H3,(H,31,32);4-6,9-10,15,25-26,29,31-32H,7H2,1-3H3,(H2,23,30);1-3,8-9,21,23,25,27H,4-6H2,(H2,20,26)/t;;9-,10-,15-,21+,22-;/m..0./s1. The van der Waals surface area contributed by atoms with Crippen molar-refractivity contribution in [2.75, 3.05) is 67.4 Å². The lowest BCUT2D eigenvalue weighted by atomic mass is 9.54. The fraction of sp³-hybridized carbons (Fsp3) is 0.314. The van der Waals surface area contributed by atoms with Gasteiger partial charge in [-0.25, -0.2) is 24.7 Å². The number of ether oxygens (including phenoxy) is 3. The number of nitrogens with two attached hydrogens (primary N) is 3. The number of carbonyl (C=O) groups excluding carboxylic acids is 11. The number of nitrogens with one attached hydrogen (secondary N) is 5. The maximum atomic E-state index is 13.7. The number of aryl methyl sites for hydroxylation is 1. The van der Waals surface area contributed by atoms with Gasteiger partial charge < -0.3 is 97.6 Å². The van der Waals surface area contributed by atoms with E-state index in [-0.39, 0.29) is 109 Å². The fourth-order valence-corrected chi connectivity index (χ4v) is 18.6. The van der Waals surface area contributed by atoms with Crippen LogP contribution in [0.1, 0.15) is 151 Å². The molecule has 0 bridgehead atoms. The number of aliphatic hydroxyl groups excluding tert-OH is 4. The number of aromatic amines is 1. The first-order chi connectivity index (χ1) is 67.2. The predicted octanol–water partition coefficient (Wildman–Crippen LogP) is 9.96. The molecule has 6 aromatic carbocycles. The number of esters is 2. The molecule has 0 radical (unpaired) electrons. The molecule has 736 valence electrons. The number of carbonyl (C=O) groups is 11. The highest BCUT2D eigenvalue weighted by Gasteiger charge is 2.67. The SMILES string of the molecule is C=C(N)c1ccc(NCc2nc3ccc(C(=O)N(CCC(=O)OCC)c4ccccn4)cc3[nH]2)cc1.CCCCCCOC(=O)NC(=N)c1ccc(NCc2nc3cc(C(=O)N(CCC(=O)OCC)c4ccccn4)ccc3n2C)cc1.CN(C)[C@@H]1C(=O)C(C(N)=O)=C(O)[C@@]2(O)C(=O)C3=C(O)c4c(O)cccc4[C@@](C)(O)[C@H]3C[C@@H]12.NC(=O)C1=C(O)C2(O)C(=O)C3=C(O)c4c(O)cccc4CC3CC2CC1=O. The summed E-state index contributed by atoms with van der Waals surface area (Å²) in [6, 6.07) is 43.7. The van der Waals surface area contributed by atoms with E-state index in [4.69, 9.17) is 41.8 Å². The Labute approximate surface area is 808 Å². The highest BCUT2D eigenvalue weighted by atomic mass is 16.6. The quantitative estimate of drug-likeness (QED) is 0.00541. The number of anilines is 4. The number of unbranched alkanes of at least 4 members (excludes halogenated alkanes) is 3. The number of alkyl carbamates (subject to hydrolysis) is 1. The molecule has 8 atom stereocenters. The molecular formula is C102H110N16O23. The molecule has 6 aliphatic carbocycles. The van der Waals surface area contributed by atoms with Gasteiger partial charge in [0, 0.05) is 102 Å². The lowest BCUT2D eigenvalue weighted by Gasteiger charge is -2.53. The predicted molar refractivity (Wildman–Crippen MR) is 519 cm³/mol. The van der Waals surface area contributed by atoms with Crippen LogP contribution in [0.4, 0.5) is 27.8 Å². The van der Waals surface area contributed by atoms with Crippen molar-refractivity contribution in [3.05, 3.63) is 267 Å². The third-order valence-corrected chi connectivity index (χ3v) is 25.6. The smallest absolute Gasteiger partial charge is 0.412 e. The molecule has 141 heavy (non-hydrogen) atoms. The number of aromatic nitrogens is 6. The zero-order valence-electron chi connectivity index (χ0n) is 78.3. The van der Waals surface area contributed by atoms with Crippen molar-refractivity contribution >= 4 is 133 Å². The van der Waals surface area contributed by atoms with Crippen LogP contribution < -0.4 is 43.0 Å². The molecule has 2 fully saturated rings. The van der Waals surface area contributed by atoms with Crippen LogP contribution in [0.15, 0.2) is 211 Å². The first-order valence-corrected chi connectivity index (χ1v) is 45.5. The van der Waals surface area contributed by atoms with Crippen LogP contribution in [0.3, 0.4) is 0 Å². The van der Waals surface area contributed by atoms with E-state index < -0.39 is 133 Å². The summed E-state index contributed by atoms with van der Waals surface area (Å²) in [5.41, 5.74) is 15.1. The number of H-pyrrole nitrogens is 1. The van der Waals surface area contributed by atoms with Crippen molar-refractivity contribution in [3.63, 3.8) is 0 Å². The summed E-state index contributed by atoms with van der Waals surface area (Å²) < 4.78 is 17.2. The van der Waals surface area contributed by atoms with Gasteiger partial charge in [-0.05, 0) is 192 Å². The van der Waals surface area contributed by atoms with Crippen LogP contribution >= 0.6 is 0 Å². The zero-order valence-corrected chi connectivity index (χ0v) is 78.3. The van der Waals surface area contributed by atoms with Crippen molar-refractivity contribution < 1.29 is 113 Å². The molecule has 0 saturated heterocycles. The number of nitrogens with zero attached hydrogens (tertiary/aromatic N) is 8. The Hall–Kier alpha value is -16.3. The largest absolute Gasteiger partial charge is 0.508 e. The topological polar surface area (TPSA) is 618 Å². The minimum atomic E-state index is -2.75. The molecule has 5 amide bonds. The summed E-state index contributed by atoms with van der Waals surface area (Å²) in [5, 5.41) is 114. The van der Waals surface area contributed by atoms with Crippen LogP contribution in [0.5, 0.6) is 11.5 Å². The highest BCUT2D eigenvalue weighted by molar-refractivity contribution is 6.25. The van der Waals surface area contributed by atoms with Crippen molar-refractivity contribution in [1.29, 1.82) is 5.41 Å². The monoisotopic (exact) mass is 1930 g/mol. The lowest BCUT2D eigenvalue weighted by Crippen LogP contribution is -2.67. The summed E-state index contributed by atoms with van der Waals surface area (Å²) >= 11 is 0. The summed E-state index contributed by atoms with van der Waals surface area (Å²) in [6.45, 7) is 12.8. The Kier molecular flexibility index (Phi) is 31.3. The maximum Gasteiger partial charge on any atom is 0.412 e. The fourth-order valence-electron chi connectivity index (χ4n) is 18.6. The number of benzene rings is 6. The third-order valence-electron chi connectivity index (χ3n) is 25.6. The number of rotatable bonds is 28. The molecule has 16 rings (SSSR count). The Balaban J connectivity index is 0.000000161. The van der Waals surface area contributed by atoms with E-state index in [2.05, 4.69) is 49.4 Å². The minimum absolute atomic E-state index is 0.0340. The molecule has 4 heterocycles. The van der Waals surface area contributed by atoms with Gasteiger partial charge in [0.2, 0.25) is 11.6 Å². The number of fused-ring (bicyclic) bond motifs is 8. The Morgan fingerprint density at radius 3 is 1.72 bits per heavy atom. The molecule has 0 spiro atoms. The van der Waals surface area contributed by atoms with Gasteiger partial charge in [0.15, 0.2) is 22.8 Å². The van der Waals surface area contributed by atoms with E-state index in [1.54, 1.807) is 117 Å². The number of hydrogen-bond donors (Lipinski definition) is 17. The van der Waals surface area contributed by atoms with Crippen molar-refractivity contribution in [2.24, 2.45) is 47.9 Å². The number of amidine groups is 1. The number of aliphatic hydroxyl groups is 7. The first-order valence-electron chi connectivity index (χ1n) is 45.5. The third kappa shape index (κ3) is 21.1. The van der Waals surface area contributed by atoms with E-state index in [0.717, 1.165) is 70.8 Å². The van der Waals surface area contributed by atoms with Crippen molar-refractivity contribution in [2.45, 2.75) is 128 Å². The average Bonchev–Trinajstić information content (AvgIpc) is 0.804. The molecule has 39 heteroatoms. The van der Waals surface area contributed by atoms with Gasteiger partial charge in [0.05, 0.1) is 90.6 Å². The second kappa shape index (κ2) is 43.2. The summed E-state index contributed by atoms with van der Waals surface area (Å²) in [6.07, 6.45) is 6.67. The van der Waals surface area contributed by atoms with E-state index >= 15 is 0 Å². The summed E-state index contributed by atoms with van der Waals surface area (Å²) in [7, 11) is 4.92. The zero-order chi connectivity index (χ0) is 102. The molecule has 3 unspecified atom stereocenters. The summed E-state index contributed by atoms with van der Waals surface area (Å²) in [5.74, 6) is -13.0. The molecule has 6 aliphatic rings. The number of likely N-dealkylation sites (N-methyl/N-ethyl adjacent to an activating group) is 1. The van der Waals surface area contributed by atoms with Crippen LogP contribution in [0.2, 0.25) is 0 Å². The number of amides is 5. The number of phenols is 2. The second-order valence-electron chi connectivity index (χ2n) is 34.9. The number of pyridine rings is 2. The lowest BCUT2D eigenvalue weighted by molar-refractivity contribution is -0.159. The molecule has 10 aromatic rings. The minimum Gasteiger partial charge on any atom is -0.508 e. The molecule has 4 aromatic heterocycles. The Morgan fingerprint density at radius 2 is 1.15 bits per heavy atom. The first kappa shape index (κ1) is 102. The van der Waals surface area contributed by atoms with Crippen LogP contribution in [0.25, 0.3) is 39.3 Å². The van der Waals surface area contributed by atoms with E-state index in [9.17, 15) is 98.7 Å². The maximum absolute atomic E-state index is 13.7. The van der Waals surface area contributed by atoms with Gasteiger partial charge >= 0.3 is 18.0 Å². The number of ketones is 4. The normalized spacial score (nSPS) is 19.8. The molecular weight excluding hydrogens is 1820 g/mol. The van der Waals surface area contributed by atoms with Gasteiger partial charge in [-0.1, -0.05) is 81.3 Å². The van der Waals surface area contributed by atoms with Crippen molar-refractivity contribution in [1.82, 2.24) is 39.7 Å². The molecule has 39 nitrogen and oxygen atoms in total. The highest BCUT2D eigenvalue weighted by Crippen LogP contribution is 2.58. The van der Waals surface area contributed by atoms with Gasteiger partial charge in [-0.15, -0.1) is 0 Å². The molecule has 2 saturated carbocycles. The average molecular weight is 1930 g/mol. The molecule has 0 aliphatic heterocycles. The Morgan fingerprint density at radius 1 is 0.596 bits per heavy atom. The van der Waals surface area contributed by atoms with E-state index in [1.807, 2.05) is 54.1 Å². The van der Waals surface area contributed by atoms with Gasteiger partial charge in [-0.3, -0.25) is 73.4 Å². The second-order valence-corrected chi connectivity index (χ2v) is 34.9. The molecule has 20 N–H and O–H groups in total. The van der Waals surface area contributed by atoms with Crippen LogP contribution in [-0.4, -0.2) is 215 Å². The number of Topliss-reactive ketones (excluding diaryl/α,β-unsaturated/α-hetero) is 4. The van der Waals surface area contributed by atoms with E-state index in [1.165, 1.54) is 60.0 Å².